The van der Waals surface area contributed by atoms with Crippen LogP contribution in [0.2, 0.25) is 0 Å². The number of halogens is 1. The highest BCUT2D eigenvalue weighted by Gasteiger charge is 2.10. The summed E-state index contributed by atoms with van der Waals surface area (Å²) in [5.41, 5.74) is 1.10. The Morgan fingerprint density at radius 2 is 1.82 bits per heavy atom. The summed E-state index contributed by atoms with van der Waals surface area (Å²) in [7, 11) is 1.62. The van der Waals surface area contributed by atoms with Gasteiger partial charge in [0.2, 0.25) is 5.91 Å². The molecule has 0 saturated heterocycles. The number of nitrogens with one attached hydrogen (secondary N) is 1. The van der Waals surface area contributed by atoms with Gasteiger partial charge in [0.15, 0.2) is 0 Å². The lowest BCUT2D eigenvalue weighted by atomic mass is 10.1. The van der Waals surface area contributed by atoms with Crippen LogP contribution in [-0.4, -0.2) is 26.2 Å². The number of amides is 1. The van der Waals surface area contributed by atoms with Crippen LogP contribution < -0.4 is 10.1 Å². The zero-order chi connectivity index (χ0) is 19.8. The van der Waals surface area contributed by atoms with E-state index in [1.165, 1.54) is 6.07 Å². The summed E-state index contributed by atoms with van der Waals surface area (Å²) in [6.45, 7) is 0.990. The minimum Gasteiger partial charge on any atom is -0.491 e. The van der Waals surface area contributed by atoms with Crippen molar-refractivity contribution in [2.24, 2.45) is 0 Å². The molecule has 3 aromatic rings. The van der Waals surface area contributed by atoms with Crippen molar-refractivity contribution < 1.29 is 23.1 Å². The SMILES string of the molecule is COCCOc1ccc(NC(=O)CCc2ccc(-c3ccccc3F)o2)cc1. The van der Waals surface area contributed by atoms with Crippen LogP contribution >= 0.6 is 0 Å². The largest absolute Gasteiger partial charge is 0.491 e. The summed E-state index contributed by atoms with van der Waals surface area (Å²) >= 11 is 0. The Bertz CT molecular complexity index is 905. The number of furan rings is 1. The number of ether oxygens (including phenoxy) is 2. The third-order valence-corrected chi connectivity index (χ3v) is 4.09. The van der Waals surface area contributed by atoms with Gasteiger partial charge in [-0.25, -0.2) is 4.39 Å². The quantitative estimate of drug-likeness (QED) is 0.545. The van der Waals surface area contributed by atoms with Gasteiger partial charge >= 0.3 is 0 Å². The van der Waals surface area contributed by atoms with E-state index in [4.69, 9.17) is 13.9 Å². The molecule has 6 heteroatoms. The van der Waals surface area contributed by atoms with Crippen molar-refractivity contribution in [1.82, 2.24) is 0 Å². The molecule has 1 heterocycles. The van der Waals surface area contributed by atoms with E-state index in [-0.39, 0.29) is 18.1 Å². The highest BCUT2D eigenvalue weighted by atomic mass is 19.1. The topological polar surface area (TPSA) is 60.7 Å². The number of carbonyl (C=O) groups is 1. The second-order valence-electron chi connectivity index (χ2n) is 6.16. The lowest BCUT2D eigenvalue weighted by Crippen LogP contribution is -2.12. The van der Waals surface area contributed by atoms with Crippen molar-refractivity contribution >= 4 is 11.6 Å². The van der Waals surface area contributed by atoms with Gasteiger partial charge in [0.1, 0.15) is 29.7 Å². The molecule has 0 unspecified atom stereocenters. The summed E-state index contributed by atoms with van der Waals surface area (Å²) in [4.78, 5) is 12.2. The number of methoxy groups -OCH3 is 1. The van der Waals surface area contributed by atoms with E-state index < -0.39 is 0 Å². The fraction of sp³-hybridized carbons (Fsp3) is 0.227. The van der Waals surface area contributed by atoms with Crippen LogP contribution in [0.5, 0.6) is 5.75 Å². The number of aryl methyl sites for hydroxylation is 1. The Balaban J connectivity index is 1.49. The van der Waals surface area contributed by atoms with Crippen molar-refractivity contribution in [1.29, 1.82) is 0 Å². The maximum atomic E-state index is 13.8. The molecule has 1 aromatic heterocycles. The predicted molar refractivity (Wildman–Crippen MR) is 105 cm³/mol. The Labute approximate surface area is 163 Å². The van der Waals surface area contributed by atoms with Crippen molar-refractivity contribution in [3.8, 4) is 17.1 Å². The summed E-state index contributed by atoms with van der Waals surface area (Å²) in [6, 6.07) is 17.1. The van der Waals surface area contributed by atoms with Crippen LogP contribution in [0.3, 0.4) is 0 Å². The highest BCUT2D eigenvalue weighted by molar-refractivity contribution is 5.90. The highest BCUT2D eigenvalue weighted by Crippen LogP contribution is 2.25. The summed E-state index contributed by atoms with van der Waals surface area (Å²) in [5, 5.41) is 2.83. The van der Waals surface area contributed by atoms with E-state index >= 15 is 0 Å². The van der Waals surface area contributed by atoms with Gasteiger partial charge in [-0.05, 0) is 48.5 Å². The third-order valence-electron chi connectivity index (χ3n) is 4.09. The first-order chi connectivity index (χ1) is 13.7. The Kier molecular flexibility index (Phi) is 6.81. The van der Waals surface area contributed by atoms with Gasteiger partial charge < -0.3 is 19.2 Å². The van der Waals surface area contributed by atoms with Crippen LogP contribution in [0.25, 0.3) is 11.3 Å². The molecule has 146 valence electrons. The maximum absolute atomic E-state index is 13.8. The number of carbonyl (C=O) groups excluding carboxylic acids is 1. The van der Waals surface area contributed by atoms with Crippen LogP contribution in [-0.2, 0) is 16.0 Å². The van der Waals surface area contributed by atoms with Gasteiger partial charge in [-0.2, -0.15) is 0 Å². The van der Waals surface area contributed by atoms with Crippen LogP contribution in [0.1, 0.15) is 12.2 Å². The summed E-state index contributed by atoms with van der Waals surface area (Å²) in [6.07, 6.45) is 0.689. The van der Waals surface area contributed by atoms with E-state index in [1.807, 2.05) is 0 Å². The molecule has 0 aliphatic rings. The molecule has 1 amide bonds. The number of hydrogen-bond donors (Lipinski definition) is 1. The zero-order valence-electron chi connectivity index (χ0n) is 15.6. The maximum Gasteiger partial charge on any atom is 0.224 e. The normalized spacial score (nSPS) is 10.6. The standard InChI is InChI=1S/C22H22FNO4/c1-26-14-15-27-17-8-6-16(7-9-17)24-22(25)13-11-18-10-12-21(28-18)19-4-2-3-5-20(19)23/h2-10,12H,11,13-15H2,1H3,(H,24,25). The smallest absolute Gasteiger partial charge is 0.224 e. The Morgan fingerprint density at radius 3 is 2.57 bits per heavy atom. The summed E-state index contributed by atoms with van der Waals surface area (Å²) < 4.78 is 29.9. The van der Waals surface area contributed by atoms with Crippen molar-refractivity contribution in [3.63, 3.8) is 0 Å². The molecule has 0 aliphatic carbocycles. The van der Waals surface area contributed by atoms with Crippen LogP contribution in [0.15, 0.2) is 65.1 Å². The molecule has 0 radical (unpaired) electrons. The van der Waals surface area contributed by atoms with Crippen molar-refractivity contribution in [2.75, 3.05) is 25.6 Å². The lowest BCUT2D eigenvalue weighted by Gasteiger charge is -2.08. The van der Waals surface area contributed by atoms with Gasteiger partial charge in [-0.1, -0.05) is 12.1 Å². The second-order valence-corrected chi connectivity index (χ2v) is 6.16. The zero-order valence-corrected chi connectivity index (χ0v) is 15.6. The fourth-order valence-corrected chi connectivity index (χ4v) is 2.66. The number of anilines is 1. The first-order valence-corrected chi connectivity index (χ1v) is 9.01. The molecule has 3 rings (SSSR count). The van der Waals surface area contributed by atoms with E-state index in [2.05, 4.69) is 5.32 Å². The third kappa shape index (κ3) is 5.44. The van der Waals surface area contributed by atoms with Gasteiger partial charge in [0.25, 0.3) is 0 Å². The van der Waals surface area contributed by atoms with E-state index in [0.29, 0.717) is 48.2 Å². The summed E-state index contributed by atoms with van der Waals surface area (Å²) in [5.74, 6) is 1.34. The molecule has 0 spiro atoms. The van der Waals surface area contributed by atoms with E-state index in [1.54, 1.807) is 61.7 Å². The molecule has 0 bridgehead atoms. The Hall–Kier alpha value is -3.12. The molecule has 28 heavy (non-hydrogen) atoms. The molecular weight excluding hydrogens is 361 g/mol. The van der Waals surface area contributed by atoms with E-state index in [0.717, 1.165) is 0 Å². The van der Waals surface area contributed by atoms with Gasteiger partial charge in [0, 0.05) is 25.6 Å². The number of hydrogen-bond acceptors (Lipinski definition) is 4. The van der Waals surface area contributed by atoms with Gasteiger partial charge in [-0.15, -0.1) is 0 Å². The average Bonchev–Trinajstić information content (AvgIpc) is 3.17. The monoisotopic (exact) mass is 383 g/mol. The first kappa shape index (κ1) is 19.6. The van der Waals surface area contributed by atoms with E-state index in [9.17, 15) is 9.18 Å². The fourth-order valence-electron chi connectivity index (χ4n) is 2.66. The van der Waals surface area contributed by atoms with Gasteiger partial charge in [0.05, 0.1) is 12.2 Å². The molecule has 2 aromatic carbocycles. The molecule has 0 fully saturated rings. The molecule has 0 saturated carbocycles. The van der Waals surface area contributed by atoms with Crippen LogP contribution in [0.4, 0.5) is 10.1 Å². The molecular formula is C22H22FNO4. The number of rotatable bonds is 9. The van der Waals surface area contributed by atoms with Gasteiger partial charge in [-0.3, -0.25) is 4.79 Å². The Morgan fingerprint density at radius 1 is 1.04 bits per heavy atom. The predicted octanol–water partition coefficient (Wildman–Crippen LogP) is 4.68. The minimum absolute atomic E-state index is 0.128. The minimum atomic E-state index is -0.337. The second kappa shape index (κ2) is 9.71. The molecule has 0 aliphatic heterocycles. The molecule has 5 nitrogen and oxygen atoms in total. The number of benzene rings is 2. The lowest BCUT2D eigenvalue weighted by molar-refractivity contribution is -0.116. The van der Waals surface area contributed by atoms with Crippen molar-refractivity contribution in [2.45, 2.75) is 12.8 Å². The van der Waals surface area contributed by atoms with Crippen LogP contribution in [0, 0.1) is 5.82 Å². The first-order valence-electron chi connectivity index (χ1n) is 9.01. The van der Waals surface area contributed by atoms with Crippen molar-refractivity contribution in [3.05, 3.63) is 72.2 Å². The molecule has 1 N–H and O–H groups in total. The molecule has 0 atom stereocenters. The average molecular weight is 383 g/mol.